The first-order chi connectivity index (χ1) is 8.09. The van der Waals surface area contributed by atoms with Crippen LogP contribution in [-0.2, 0) is 0 Å². The molecule has 5 nitrogen and oxygen atoms in total. The van der Waals surface area contributed by atoms with Gasteiger partial charge >= 0.3 is 0 Å². The maximum Gasteiger partial charge on any atom is 0.261 e. The van der Waals surface area contributed by atoms with Crippen LogP contribution >= 0.6 is 0 Å². The van der Waals surface area contributed by atoms with E-state index >= 15 is 0 Å². The zero-order valence-corrected chi connectivity index (χ0v) is 8.81. The summed E-state index contributed by atoms with van der Waals surface area (Å²) in [5, 5.41) is 9.74. The molecule has 0 bridgehead atoms. The fraction of sp³-hybridized carbons (Fsp3) is 0. The average molecular weight is 230 g/mol. The highest BCUT2D eigenvalue weighted by atomic mass is 16.3. The predicted octanol–water partition coefficient (Wildman–Crippen LogP) is 0.846. The van der Waals surface area contributed by atoms with Gasteiger partial charge in [0.2, 0.25) is 0 Å². The number of benzene rings is 1. The molecule has 0 unspecified atom stereocenters. The topological polar surface area (TPSA) is 96.2 Å². The van der Waals surface area contributed by atoms with Crippen LogP contribution in [-0.4, -0.2) is 16.0 Å². The molecule has 1 amide bonds. The third-order valence-electron chi connectivity index (χ3n) is 2.35. The zero-order chi connectivity index (χ0) is 12.4. The van der Waals surface area contributed by atoms with Gasteiger partial charge in [0, 0.05) is 11.6 Å². The summed E-state index contributed by atoms with van der Waals surface area (Å²) in [5.41, 5.74) is 5.04. The van der Waals surface area contributed by atoms with E-state index in [0.717, 1.165) is 6.07 Å². The number of rotatable bonds is 2. The highest BCUT2D eigenvalue weighted by Crippen LogP contribution is 2.25. The zero-order valence-electron chi connectivity index (χ0n) is 8.81. The molecule has 1 aromatic heterocycles. The molecule has 0 spiro atoms. The summed E-state index contributed by atoms with van der Waals surface area (Å²) in [6.45, 7) is 0. The Kier molecular flexibility index (Phi) is 2.66. The second-order valence-electron chi connectivity index (χ2n) is 3.50. The van der Waals surface area contributed by atoms with E-state index in [1.807, 2.05) is 6.07 Å². The van der Waals surface area contributed by atoms with Crippen LogP contribution in [0.5, 0.6) is 5.75 Å². The molecule has 0 fully saturated rings. The molecule has 1 aromatic carbocycles. The maximum atomic E-state index is 11.5. The first-order valence-electron chi connectivity index (χ1n) is 4.91. The van der Waals surface area contributed by atoms with Crippen molar-refractivity contribution >= 4 is 5.91 Å². The number of carbonyl (C=O) groups is 1. The molecule has 0 aliphatic heterocycles. The molecule has 17 heavy (non-hydrogen) atoms. The van der Waals surface area contributed by atoms with Crippen molar-refractivity contribution in [1.29, 1.82) is 0 Å². The van der Waals surface area contributed by atoms with Gasteiger partial charge in [-0.1, -0.05) is 30.3 Å². The Morgan fingerprint density at radius 2 is 1.88 bits per heavy atom. The van der Waals surface area contributed by atoms with Crippen molar-refractivity contribution in [2.45, 2.75) is 0 Å². The van der Waals surface area contributed by atoms with Gasteiger partial charge in [-0.25, -0.2) is 0 Å². The minimum absolute atomic E-state index is 0.190. The Morgan fingerprint density at radius 3 is 2.47 bits per heavy atom. The van der Waals surface area contributed by atoms with E-state index < -0.39 is 11.5 Å². The molecule has 0 atom stereocenters. The molecule has 4 N–H and O–H groups in total. The molecule has 0 aliphatic carbocycles. The molecular formula is C12H10N2O3. The van der Waals surface area contributed by atoms with Crippen LogP contribution in [0, 0.1) is 0 Å². The Balaban J connectivity index is 2.63. The monoisotopic (exact) mass is 230 g/mol. The second-order valence-corrected chi connectivity index (χ2v) is 3.50. The highest BCUT2D eigenvalue weighted by molar-refractivity contribution is 5.93. The lowest BCUT2D eigenvalue weighted by molar-refractivity contribution is 0.0998. The second kappa shape index (κ2) is 4.13. The Morgan fingerprint density at radius 1 is 1.24 bits per heavy atom. The maximum absolute atomic E-state index is 11.5. The van der Waals surface area contributed by atoms with E-state index in [1.54, 1.807) is 24.3 Å². The van der Waals surface area contributed by atoms with Crippen molar-refractivity contribution in [2.24, 2.45) is 5.73 Å². The summed E-state index contributed by atoms with van der Waals surface area (Å²) in [6, 6.07) is 9.90. The third-order valence-corrected chi connectivity index (χ3v) is 2.35. The van der Waals surface area contributed by atoms with Gasteiger partial charge in [0.05, 0.1) is 5.69 Å². The molecule has 0 aliphatic rings. The van der Waals surface area contributed by atoms with E-state index in [2.05, 4.69) is 4.98 Å². The predicted molar refractivity (Wildman–Crippen MR) is 62.7 cm³/mol. The van der Waals surface area contributed by atoms with Crippen LogP contribution in [0.3, 0.4) is 0 Å². The van der Waals surface area contributed by atoms with Gasteiger partial charge in [0.1, 0.15) is 11.3 Å². The molecule has 2 aromatic rings. The van der Waals surface area contributed by atoms with Gasteiger partial charge in [0.25, 0.3) is 11.5 Å². The number of carbonyl (C=O) groups excluding carboxylic acids is 1. The van der Waals surface area contributed by atoms with Crippen LogP contribution in [0.4, 0.5) is 0 Å². The van der Waals surface area contributed by atoms with Gasteiger partial charge in [-0.05, 0) is 0 Å². The van der Waals surface area contributed by atoms with Gasteiger partial charge < -0.3 is 15.8 Å². The van der Waals surface area contributed by atoms with Gasteiger partial charge in [-0.3, -0.25) is 9.59 Å². The summed E-state index contributed by atoms with van der Waals surface area (Å²) in [4.78, 5) is 24.9. The number of hydrogen-bond donors (Lipinski definition) is 3. The van der Waals surface area contributed by atoms with Crippen molar-refractivity contribution in [3.63, 3.8) is 0 Å². The molecule has 5 heteroatoms. The fourth-order valence-electron chi connectivity index (χ4n) is 1.53. The van der Waals surface area contributed by atoms with Crippen LogP contribution < -0.4 is 11.3 Å². The number of aromatic nitrogens is 1. The van der Waals surface area contributed by atoms with Crippen LogP contribution in [0.15, 0.2) is 41.2 Å². The minimum atomic E-state index is -0.874. The number of amides is 1. The molecular weight excluding hydrogens is 220 g/mol. The van der Waals surface area contributed by atoms with Crippen LogP contribution in [0.2, 0.25) is 0 Å². The quantitative estimate of drug-likeness (QED) is 0.713. The van der Waals surface area contributed by atoms with E-state index in [1.165, 1.54) is 0 Å². The average Bonchev–Trinajstić information content (AvgIpc) is 2.32. The van der Waals surface area contributed by atoms with E-state index in [0.29, 0.717) is 5.56 Å². The first kappa shape index (κ1) is 10.9. The lowest BCUT2D eigenvalue weighted by Crippen LogP contribution is -2.23. The Hall–Kier alpha value is -2.56. The summed E-state index contributed by atoms with van der Waals surface area (Å²) in [5.74, 6) is -1.06. The molecule has 86 valence electrons. The van der Waals surface area contributed by atoms with E-state index in [-0.39, 0.29) is 17.0 Å². The number of nitrogens with one attached hydrogen (secondary N) is 1. The Labute approximate surface area is 96.5 Å². The standard InChI is InChI=1S/C12H10N2O3/c13-11(16)8-6-9(15)10(14-12(8)17)7-4-2-1-3-5-7/h1-6,15H,(H2,13,16)(H,14,17). The molecule has 0 radical (unpaired) electrons. The van der Waals surface area contributed by atoms with E-state index in [9.17, 15) is 14.7 Å². The first-order valence-corrected chi connectivity index (χ1v) is 4.91. The van der Waals surface area contributed by atoms with Gasteiger partial charge in [-0.15, -0.1) is 0 Å². The van der Waals surface area contributed by atoms with E-state index in [4.69, 9.17) is 5.73 Å². The van der Waals surface area contributed by atoms with Crippen LogP contribution in [0.1, 0.15) is 10.4 Å². The highest BCUT2D eigenvalue weighted by Gasteiger charge is 2.12. The summed E-state index contributed by atoms with van der Waals surface area (Å²) in [6.07, 6.45) is 0. The van der Waals surface area contributed by atoms with Crippen LogP contribution in [0.25, 0.3) is 11.3 Å². The molecule has 2 rings (SSSR count). The van der Waals surface area contributed by atoms with Crippen molar-refractivity contribution < 1.29 is 9.90 Å². The minimum Gasteiger partial charge on any atom is -0.506 e. The van der Waals surface area contributed by atoms with Gasteiger partial charge in [0.15, 0.2) is 0 Å². The number of nitrogens with two attached hydrogens (primary N) is 1. The number of aromatic hydroxyl groups is 1. The number of hydrogen-bond acceptors (Lipinski definition) is 3. The normalized spacial score (nSPS) is 10.1. The summed E-state index contributed by atoms with van der Waals surface area (Å²) in [7, 11) is 0. The smallest absolute Gasteiger partial charge is 0.261 e. The lowest BCUT2D eigenvalue weighted by Gasteiger charge is -2.05. The molecule has 1 heterocycles. The third kappa shape index (κ3) is 2.03. The number of aromatic amines is 1. The number of primary amides is 1. The lowest BCUT2D eigenvalue weighted by atomic mass is 10.1. The molecule has 0 saturated heterocycles. The fourth-order valence-corrected chi connectivity index (χ4v) is 1.53. The Bertz CT molecular complexity index is 617. The number of pyridine rings is 1. The van der Waals surface area contributed by atoms with Crippen molar-refractivity contribution in [3.05, 3.63) is 52.3 Å². The molecule has 0 saturated carbocycles. The van der Waals surface area contributed by atoms with Crippen molar-refractivity contribution in [3.8, 4) is 17.0 Å². The van der Waals surface area contributed by atoms with Crippen molar-refractivity contribution in [2.75, 3.05) is 0 Å². The summed E-state index contributed by atoms with van der Waals surface area (Å²) < 4.78 is 0. The van der Waals surface area contributed by atoms with Crippen molar-refractivity contribution in [1.82, 2.24) is 4.98 Å². The largest absolute Gasteiger partial charge is 0.506 e. The SMILES string of the molecule is NC(=O)c1cc(O)c(-c2ccccc2)[nH]c1=O. The number of H-pyrrole nitrogens is 1. The summed E-state index contributed by atoms with van der Waals surface area (Å²) >= 11 is 0. The van der Waals surface area contributed by atoms with Gasteiger partial charge in [-0.2, -0.15) is 0 Å².